The molecule has 0 spiro atoms. The van der Waals surface area contributed by atoms with Crippen LogP contribution >= 0.6 is 0 Å². The number of hydrogen-bond donors (Lipinski definition) is 1. The Labute approximate surface area is 144 Å². The molecular weight excluding hydrogens is 304 g/mol. The van der Waals surface area contributed by atoms with Crippen molar-refractivity contribution in [1.29, 1.82) is 0 Å². The number of rotatable bonds is 3. The molecule has 132 valence electrons. The lowest BCUT2D eigenvalue weighted by Gasteiger charge is -2.29. The minimum absolute atomic E-state index is 0.113. The lowest BCUT2D eigenvalue weighted by molar-refractivity contribution is 0.0240. The van der Waals surface area contributed by atoms with Crippen LogP contribution in [0.4, 0.5) is 4.79 Å². The van der Waals surface area contributed by atoms with Gasteiger partial charge >= 0.3 is 6.09 Å². The molecule has 2 saturated heterocycles. The summed E-state index contributed by atoms with van der Waals surface area (Å²) < 4.78 is 5.49. The van der Waals surface area contributed by atoms with E-state index in [-0.39, 0.29) is 18.1 Å². The van der Waals surface area contributed by atoms with Gasteiger partial charge in [-0.2, -0.15) is 0 Å². The number of amides is 1. The Hall–Kier alpha value is -1.59. The molecule has 1 aromatic rings. The average Bonchev–Trinajstić information content (AvgIpc) is 3.00. The second kappa shape index (κ2) is 6.37. The second-order valence-electron chi connectivity index (χ2n) is 8.23. The zero-order valence-corrected chi connectivity index (χ0v) is 14.9. The Balaban J connectivity index is 1.63. The SMILES string of the molecule is CC(C)(C)OC(=O)N1C[C@H]2CN(Cc3ccccc3)C[C@]2(CO)C1. The van der Waals surface area contributed by atoms with Crippen molar-refractivity contribution in [2.24, 2.45) is 11.3 Å². The van der Waals surface area contributed by atoms with Crippen molar-refractivity contribution in [1.82, 2.24) is 9.80 Å². The summed E-state index contributed by atoms with van der Waals surface area (Å²) in [6.07, 6.45) is -0.265. The molecule has 1 amide bonds. The summed E-state index contributed by atoms with van der Waals surface area (Å²) in [6.45, 7) is 9.63. The Morgan fingerprint density at radius 1 is 1.25 bits per heavy atom. The van der Waals surface area contributed by atoms with Crippen LogP contribution in [0.3, 0.4) is 0 Å². The highest BCUT2D eigenvalue weighted by Gasteiger charge is 2.53. The highest BCUT2D eigenvalue weighted by Crippen LogP contribution is 2.43. The van der Waals surface area contributed by atoms with Gasteiger partial charge in [-0.1, -0.05) is 30.3 Å². The van der Waals surface area contributed by atoms with E-state index in [9.17, 15) is 9.90 Å². The first-order valence-electron chi connectivity index (χ1n) is 8.66. The zero-order valence-electron chi connectivity index (χ0n) is 14.9. The standard InChI is InChI=1S/C19H28N2O3/c1-18(2,3)24-17(23)21-11-16-10-20(12-19(16,13-21)14-22)9-15-7-5-4-6-8-15/h4-8,16,22H,9-14H2,1-3H3/t16-,19-/m1/s1. The van der Waals surface area contributed by atoms with Crippen LogP contribution in [-0.4, -0.2) is 59.4 Å². The molecule has 1 aromatic carbocycles. The summed E-state index contributed by atoms with van der Waals surface area (Å²) in [5.74, 6) is 0.304. The van der Waals surface area contributed by atoms with Crippen LogP contribution in [0.15, 0.2) is 30.3 Å². The predicted molar refractivity (Wildman–Crippen MR) is 92.5 cm³/mol. The maximum Gasteiger partial charge on any atom is 0.410 e. The number of benzene rings is 1. The normalized spacial score (nSPS) is 27.3. The van der Waals surface area contributed by atoms with Gasteiger partial charge in [0, 0.05) is 44.1 Å². The van der Waals surface area contributed by atoms with E-state index >= 15 is 0 Å². The van der Waals surface area contributed by atoms with E-state index in [1.54, 1.807) is 4.90 Å². The third-order valence-corrected chi connectivity index (χ3v) is 5.05. The fraction of sp³-hybridized carbons (Fsp3) is 0.632. The van der Waals surface area contributed by atoms with E-state index in [2.05, 4.69) is 29.2 Å². The predicted octanol–water partition coefficient (Wildman–Crippen LogP) is 2.35. The summed E-state index contributed by atoms with van der Waals surface area (Å²) in [4.78, 5) is 16.5. The van der Waals surface area contributed by atoms with Gasteiger partial charge in [0.1, 0.15) is 5.60 Å². The number of carbonyl (C=O) groups excluding carboxylic acids is 1. The summed E-state index contributed by atoms with van der Waals surface area (Å²) in [5.41, 5.74) is 0.584. The van der Waals surface area contributed by atoms with Crippen molar-refractivity contribution < 1.29 is 14.6 Å². The fourth-order valence-electron chi connectivity index (χ4n) is 3.94. The molecule has 0 saturated carbocycles. The van der Waals surface area contributed by atoms with E-state index in [1.807, 2.05) is 26.8 Å². The smallest absolute Gasteiger partial charge is 0.410 e. The molecule has 0 radical (unpaired) electrons. The number of fused-ring (bicyclic) bond motifs is 1. The molecule has 2 atom stereocenters. The molecule has 2 aliphatic heterocycles. The molecule has 2 fully saturated rings. The van der Waals surface area contributed by atoms with Crippen molar-refractivity contribution in [3.63, 3.8) is 0 Å². The lowest BCUT2D eigenvalue weighted by Crippen LogP contribution is -2.40. The number of aliphatic hydroxyl groups is 1. The third-order valence-electron chi connectivity index (χ3n) is 5.05. The van der Waals surface area contributed by atoms with Crippen molar-refractivity contribution in [2.45, 2.75) is 32.9 Å². The van der Waals surface area contributed by atoms with E-state index < -0.39 is 5.60 Å². The maximum absolute atomic E-state index is 12.3. The molecule has 1 N–H and O–H groups in total. The summed E-state index contributed by atoms with van der Waals surface area (Å²) in [5, 5.41) is 10.0. The van der Waals surface area contributed by atoms with Gasteiger partial charge in [0.25, 0.3) is 0 Å². The Morgan fingerprint density at radius 3 is 2.54 bits per heavy atom. The molecule has 5 nitrogen and oxygen atoms in total. The second-order valence-corrected chi connectivity index (χ2v) is 8.23. The number of hydrogen-bond acceptors (Lipinski definition) is 4. The Kier molecular flexibility index (Phi) is 4.58. The third kappa shape index (κ3) is 3.57. The van der Waals surface area contributed by atoms with Crippen LogP contribution in [0.25, 0.3) is 0 Å². The molecule has 2 heterocycles. The molecule has 0 aliphatic carbocycles. The van der Waals surface area contributed by atoms with E-state index in [4.69, 9.17) is 4.74 Å². The van der Waals surface area contributed by atoms with Crippen LogP contribution < -0.4 is 0 Å². The first-order valence-corrected chi connectivity index (χ1v) is 8.66. The largest absolute Gasteiger partial charge is 0.444 e. The molecule has 0 bridgehead atoms. The summed E-state index contributed by atoms with van der Waals surface area (Å²) >= 11 is 0. The number of likely N-dealkylation sites (tertiary alicyclic amines) is 2. The topological polar surface area (TPSA) is 53.0 Å². The van der Waals surface area contributed by atoms with Gasteiger partial charge in [-0.05, 0) is 26.3 Å². The minimum atomic E-state index is -0.486. The maximum atomic E-state index is 12.3. The Bertz CT molecular complexity index is 584. The average molecular weight is 332 g/mol. The number of carbonyl (C=O) groups is 1. The quantitative estimate of drug-likeness (QED) is 0.923. The van der Waals surface area contributed by atoms with Crippen molar-refractivity contribution in [3.8, 4) is 0 Å². The highest BCUT2D eigenvalue weighted by molar-refractivity contribution is 5.68. The van der Waals surface area contributed by atoms with Crippen LogP contribution in [0, 0.1) is 11.3 Å². The summed E-state index contributed by atoms with van der Waals surface area (Å²) in [7, 11) is 0. The molecule has 2 aliphatic rings. The monoisotopic (exact) mass is 332 g/mol. The zero-order chi connectivity index (χ0) is 17.4. The van der Waals surface area contributed by atoms with Crippen molar-refractivity contribution >= 4 is 6.09 Å². The first-order chi connectivity index (χ1) is 11.3. The van der Waals surface area contributed by atoms with Crippen LogP contribution in [0.5, 0.6) is 0 Å². The summed E-state index contributed by atoms with van der Waals surface area (Å²) in [6, 6.07) is 10.4. The van der Waals surface area contributed by atoms with Gasteiger partial charge in [-0.3, -0.25) is 4.90 Å². The number of ether oxygens (including phenoxy) is 1. The number of nitrogens with zero attached hydrogens (tertiary/aromatic N) is 2. The van der Waals surface area contributed by atoms with Gasteiger partial charge in [0.15, 0.2) is 0 Å². The number of aliphatic hydroxyl groups excluding tert-OH is 1. The van der Waals surface area contributed by atoms with E-state index in [1.165, 1.54) is 5.56 Å². The molecule has 3 rings (SSSR count). The van der Waals surface area contributed by atoms with Crippen LogP contribution in [0.1, 0.15) is 26.3 Å². The molecule has 24 heavy (non-hydrogen) atoms. The molecule has 5 heteroatoms. The van der Waals surface area contributed by atoms with E-state index in [0.29, 0.717) is 19.0 Å². The van der Waals surface area contributed by atoms with Gasteiger partial charge in [0.05, 0.1) is 6.61 Å². The molecule has 0 aromatic heterocycles. The molecular formula is C19H28N2O3. The van der Waals surface area contributed by atoms with Crippen LogP contribution in [-0.2, 0) is 11.3 Å². The van der Waals surface area contributed by atoms with Crippen molar-refractivity contribution in [2.75, 3.05) is 32.8 Å². The van der Waals surface area contributed by atoms with Gasteiger partial charge in [-0.25, -0.2) is 4.79 Å². The van der Waals surface area contributed by atoms with Crippen molar-refractivity contribution in [3.05, 3.63) is 35.9 Å². The molecule has 0 unspecified atom stereocenters. The minimum Gasteiger partial charge on any atom is -0.444 e. The Morgan fingerprint density at radius 2 is 1.96 bits per heavy atom. The van der Waals surface area contributed by atoms with Gasteiger partial charge in [0.2, 0.25) is 0 Å². The fourth-order valence-corrected chi connectivity index (χ4v) is 3.94. The van der Waals surface area contributed by atoms with E-state index in [0.717, 1.165) is 19.6 Å². The lowest BCUT2D eigenvalue weighted by atomic mass is 9.82. The van der Waals surface area contributed by atoms with Gasteiger partial charge in [-0.15, -0.1) is 0 Å². The van der Waals surface area contributed by atoms with Crippen LogP contribution in [0.2, 0.25) is 0 Å². The first kappa shape index (κ1) is 17.2. The van der Waals surface area contributed by atoms with Gasteiger partial charge < -0.3 is 14.7 Å². The highest BCUT2D eigenvalue weighted by atomic mass is 16.6.